The predicted octanol–water partition coefficient (Wildman–Crippen LogP) is 5.13. The number of hydrogen-bond donors (Lipinski definition) is 1. The highest BCUT2D eigenvalue weighted by atomic mass is 35.5. The number of nitrogens with one attached hydrogen (secondary N) is 1. The van der Waals surface area contributed by atoms with Gasteiger partial charge in [-0.2, -0.15) is 0 Å². The molecule has 3 rings (SSSR count). The van der Waals surface area contributed by atoms with E-state index in [1.54, 1.807) is 6.07 Å². The van der Waals surface area contributed by atoms with Gasteiger partial charge in [-0.05, 0) is 42.9 Å². The Labute approximate surface area is 160 Å². The topological polar surface area (TPSA) is 38.3 Å². The number of carbonyl (C=O) groups is 1. The Morgan fingerprint density at radius 3 is 2.60 bits per heavy atom. The van der Waals surface area contributed by atoms with Crippen LogP contribution in [0.15, 0.2) is 18.2 Å². The second-order valence-electron chi connectivity index (χ2n) is 7.48. The van der Waals surface area contributed by atoms with Gasteiger partial charge in [0.2, 0.25) is 5.91 Å². The highest BCUT2D eigenvalue weighted by Crippen LogP contribution is 2.39. The van der Waals surface area contributed by atoms with Crippen LogP contribution in [0.25, 0.3) is 0 Å². The molecule has 1 aliphatic carbocycles. The number of rotatable bonds is 6. The molecule has 1 N–H and O–H groups in total. The van der Waals surface area contributed by atoms with Gasteiger partial charge in [0.15, 0.2) is 0 Å². The lowest BCUT2D eigenvalue weighted by Crippen LogP contribution is -2.44. The number of amides is 1. The average Bonchev–Trinajstić information content (AvgIpc) is 3.12. The Kier molecular flexibility index (Phi) is 6.65. The molecular formula is C20H27Cl2NO2. The van der Waals surface area contributed by atoms with Gasteiger partial charge >= 0.3 is 0 Å². The number of halogens is 2. The van der Waals surface area contributed by atoms with E-state index in [-0.39, 0.29) is 11.3 Å². The van der Waals surface area contributed by atoms with Crippen molar-refractivity contribution in [1.29, 1.82) is 0 Å². The standard InChI is InChI=1S/C20H27Cl2NO2/c21-16-6-7-17(18(22)13-16)20(9-11-25-12-10-20)14-23-19(24)8-5-15-3-1-2-4-15/h6-7,13,15H,1-5,8-12,14H2,(H,23,24). The van der Waals surface area contributed by atoms with Gasteiger partial charge in [0, 0.05) is 41.6 Å². The van der Waals surface area contributed by atoms with E-state index < -0.39 is 0 Å². The van der Waals surface area contributed by atoms with E-state index in [1.807, 2.05) is 12.1 Å². The smallest absolute Gasteiger partial charge is 0.220 e. The number of carbonyl (C=O) groups excluding carboxylic acids is 1. The van der Waals surface area contributed by atoms with E-state index in [0.29, 0.717) is 36.2 Å². The van der Waals surface area contributed by atoms with E-state index in [1.165, 1.54) is 25.7 Å². The summed E-state index contributed by atoms with van der Waals surface area (Å²) >= 11 is 12.5. The van der Waals surface area contributed by atoms with Crippen molar-refractivity contribution in [3.63, 3.8) is 0 Å². The van der Waals surface area contributed by atoms with Crippen molar-refractivity contribution >= 4 is 29.1 Å². The molecule has 5 heteroatoms. The monoisotopic (exact) mass is 383 g/mol. The van der Waals surface area contributed by atoms with Crippen LogP contribution in [0.5, 0.6) is 0 Å². The lowest BCUT2D eigenvalue weighted by atomic mass is 9.74. The maximum atomic E-state index is 12.4. The molecule has 138 valence electrons. The Hall–Kier alpha value is -0.770. The molecule has 0 spiro atoms. The zero-order valence-corrected chi connectivity index (χ0v) is 16.2. The third kappa shape index (κ3) is 4.90. The van der Waals surface area contributed by atoms with E-state index in [9.17, 15) is 4.79 Å². The first-order valence-electron chi connectivity index (χ1n) is 9.39. The normalized spacial score (nSPS) is 20.6. The Morgan fingerprint density at radius 2 is 1.92 bits per heavy atom. The van der Waals surface area contributed by atoms with E-state index in [4.69, 9.17) is 27.9 Å². The third-order valence-electron chi connectivity index (χ3n) is 5.83. The molecule has 25 heavy (non-hydrogen) atoms. The Balaban J connectivity index is 1.63. The van der Waals surface area contributed by atoms with Crippen molar-refractivity contribution in [3.05, 3.63) is 33.8 Å². The molecule has 1 amide bonds. The molecule has 1 saturated carbocycles. The van der Waals surface area contributed by atoms with Crippen LogP contribution in [-0.2, 0) is 14.9 Å². The van der Waals surface area contributed by atoms with Gasteiger partial charge in [-0.25, -0.2) is 0 Å². The average molecular weight is 384 g/mol. The second-order valence-corrected chi connectivity index (χ2v) is 8.33. The minimum absolute atomic E-state index is 0.155. The van der Waals surface area contributed by atoms with Crippen LogP contribution in [0.2, 0.25) is 10.0 Å². The first kappa shape index (κ1) is 19.0. The fraction of sp³-hybridized carbons (Fsp3) is 0.650. The van der Waals surface area contributed by atoms with Gasteiger partial charge in [0.1, 0.15) is 0 Å². The summed E-state index contributed by atoms with van der Waals surface area (Å²) in [4.78, 5) is 12.4. The summed E-state index contributed by atoms with van der Waals surface area (Å²) < 4.78 is 5.55. The molecule has 1 aliphatic heterocycles. The van der Waals surface area contributed by atoms with Gasteiger partial charge < -0.3 is 10.1 Å². The summed E-state index contributed by atoms with van der Waals surface area (Å²) in [6.45, 7) is 2.00. The first-order valence-corrected chi connectivity index (χ1v) is 10.1. The fourth-order valence-corrected chi connectivity index (χ4v) is 4.82. The molecule has 0 unspecified atom stereocenters. The third-order valence-corrected chi connectivity index (χ3v) is 6.38. The maximum absolute atomic E-state index is 12.4. The van der Waals surface area contributed by atoms with Crippen molar-refractivity contribution < 1.29 is 9.53 Å². The van der Waals surface area contributed by atoms with Crippen LogP contribution < -0.4 is 5.32 Å². The zero-order chi connectivity index (χ0) is 17.7. The summed E-state index contributed by atoms with van der Waals surface area (Å²) in [5, 5.41) is 4.48. The second kappa shape index (κ2) is 8.75. The van der Waals surface area contributed by atoms with Crippen LogP contribution in [0.3, 0.4) is 0 Å². The van der Waals surface area contributed by atoms with E-state index in [0.717, 1.165) is 30.7 Å². The predicted molar refractivity (Wildman–Crippen MR) is 102 cm³/mol. The molecule has 2 fully saturated rings. The summed E-state index contributed by atoms with van der Waals surface area (Å²) in [5.74, 6) is 0.899. The zero-order valence-electron chi connectivity index (χ0n) is 14.7. The molecule has 1 saturated heterocycles. The summed E-state index contributed by atoms with van der Waals surface area (Å²) in [6.07, 6.45) is 8.59. The van der Waals surface area contributed by atoms with Gasteiger partial charge in [-0.3, -0.25) is 4.79 Å². The van der Waals surface area contributed by atoms with Gasteiger partial charge in [0.05, 0.1) is 0 Å². The van der Waals surface area contributed by atoms with Gasteiger partial charge in [0.25, 0.3) is 0 Å². The molecule has 1 aromatic carbocycles. The van der Waals surface area contributed by atoms with Crippen molar-refractivity contribution in [2.45, 2.75) is 56.8 Å². The molecule has 2 aliphatic rings. The van der Waals surface area contributed by atoms with Crippen LogP contribution >= 0.6 is 23.2 Å². The molecule has 0 atom stereocenters. The van der Waals surface area contributed by atoms with Crippen LogP contribution in [0.1, 0.15) is 56.9 Å². The Bertz CT molecular complexity index is 593. The van der Waals surface area contributed by atoms with Gasteiger partial charge in [-0.15, -0.1) is 0 Å². The summed E-state index contributed by atoms with van der Waals surface area (Å²) in [5.41, 5.74) is 0.904. The molecule has 0 aromatic heterocycles. The van der Waals surface area contributed by atoms with Gasteiger partial charge in [-0.1, -0.05) is 55.0 Å². The molecule has 1 heterocycles. The molecule has 1 aromatic rings. The summed E-state index contributed by atoms with van der Waals surface area (Å²) in [6, 6.07) is 5.67. The quantitative estimate of drug-likeness (QED) is 0.739. The van der Waals surface area contributed by atoms with Crippen molar-refractivity contribution in [2.24, 2.45) is 5.92 Å². The number of benzene rings is 1. The van der Waals surface area contributed by atoms with E-state index >= 15 is 0 Å². The van der Waals surface area contributed by atoms with Crippen molar-refractivity contribution in [2.75, 3.05) is 19.8 Å². The summed E-state index contributed by atoms with van der Waals surface area (Å²) in [7, 11) is 0. The molecule has 3 nitrogen and oxygen atoms in total. The molecule has 0 bridgehead atoms. The van der Waals surface area contributed by atoms with Crippen LogP contribution in [-0.4, -0.2) is 25.7 Å². The van der Waals surface area contributed by atoms with E-state index in [2.05, 4.69) is 5.32 Å². The lowest BCUT2D eigenvalue weighted by molar-refractivity contribution is -0.121. The minimum Gasteiger partial charge on any atom is -0.381 e. The molecular weight excluding hydrogens is 357 g/mol. The highest BCUT2D eigenvalue weighted by Gasteiger charge is 2.36. The SMILES string of the molecule is O=C(CCC1CCCC1)NCC1(c2ccc(Cl)cc2Cl)CCOCC1. The minimum atomic E-state index is -0.164. The highest BCUT2D eigenvalue weighted by molar-refractivity contribution is 6.35. The molecule has 0 radical (unpaired) electrons. The van der Waals surface area contributed by atoms with Crippen LogP contribution in [0.4, 0.5) is 0 Å². The largest absolute Gasteiger partial charge is 0.381 e. The first-order chi connectivity index (χ1) is 12.1. The Morgan fingerprint density at radius 1 is 1.20 bits per heavy atom. The number of ether oxygens (including phenoxy) is 1. The fourth-order valence-electron chi connectivity index (χ4n) is 4.21. The van der Waals surface area contributed by atoms with Crippen molar-refractivity contribution in [3.8, 4) is 0 Å². The maximum Gasteiger partial charge on any atom is 0.220 e. The number of hydrogen-bond acceptors (Lipinski definition) is 2. The van der Waals surface area contributed by atoms with Crippen LogP contribution in [0, 0.1) is 5.92 Å². The lowest BCUT2D eigenvalue weighted by Gasteiger charge is -2.38. The van der Waals surface area contributed by atoms with Crippen molar-refractivity contribution in [1.82, 2.24) is 5.32 Å².